The molecule has 0 radical (unpaired) electrons. The normalized spacial score (nSPS) is 12.3. The average molecular weight is 524 g/mol. The van der Waals surface area contributed by atoms with E-state index in [1.165, 1.54) is 4.90 Å². The van der Waals surface area contributed by atoms with E-state index in [0.29, 0.717) is 5.69 Å². The summed E-state index contributed by atoms with van der Waals surface area (Å²) in [6.07, 6.45) is 1.06. The lowest BCUT2D eigenvalue weighted by Crippen LogP contribution is -2.52. The van der Waals surface area contributed by atoms with E-state index in [-0.39, 0.29) is 18.5 Å². The highest BCUT2D eigenvalue weighted by molar-refractivity contribution is 9.10. The summed E-state index contributed by atoms with van der Waals surface area (Å²) in [4.78, 5) is 27.5. The van der Waals surface area contributed by atoms with Gasteiger partial charge in [-0.3, -0.25) is 13.9 Å². The molecule has 1 atom stereocenters. The molecule has 0 heterocycles. The SMILES string of the molecule is Cc1ccc(N(CC(=O)N(Cc2ccc(Br)cc2)[C@H](C)C(=O)NC(C)C)S(C)(=O)=O)cc1. The Balaban J connectivity index is 2.36. The van der Waals surface area contributed by atoms with Crippen LogP contribution >= 0.6 is 15.9 Å². The van der Waals surface area contributed by atoms with Crippen LogP contribution in [0, 0.1) is 6.92 Å². The minimum atomic E-state index is -3.72. The summed E-state index contributed by atoms with van der Waals surface area (Å²) in [5.41, 5.74) is 2.20. The Kier molecular flexibility index (Phi) is 8.86. The number of carbonyl (C=O) groups is 2. The van der Waals surface area contributed by atoms with Gasteiger partial charge in [-0.1, -0.05) is 45.8 Å². The molecule has 2 rings (SSSR count). The van der Waals surface area contributed by atoms with Crippen LogP contribution in [0.2, 0.25) is 0 Å². The Hall–Kier alpha value is -2.39. The standard InChI is InChI=1S/C23H30BrN3O4S/c1-16(2)25-23(29)18(4)26(14-19-8-10-20(24)11-9-19)22(28)15-27(32(5,30)31)21-12-6-17(3)7-13-21/h6-13,16,18H,14-15H2,1-5H3,(H,25,29)/t18-/m1/s1. The molecule has 0 aliphatic carbocycles. The smallest absolute Gasteiger partial charge is 0.244 e. The zero-order chi connectivity index (χ0) is 24.1. The number of carbonyl (C=O) groups excluding carboxylic acids is 2. The van der Waals surface area contributed by atoms with Crippen LogP contribution in [-0.2, 0) is 26.2 Å². The van der Waals surface area contributed by atoms with E-state index in [1.54, 1.807) is 31.2 Å². The molecule has 1 N–H and O–H groups in total. The van der Waals surface area contributed by atoms with Crippen LogP contribution < -0.4 is 9.62 Å². The van der Waals surface area contributed by atoms with E-state index < -0.39 is 28.5 Å². The van der Waals surface area contributed by atoms with E-state index in [0.717, 1.165) is 26.2 Å². The first-order chi connectivity index (χ1) is 14.9. The molecule has 0 bridgehead atoms. The predicted molar refractivity (Wildman–Crippen MR) is 131 cm³/mol. The molecule has 0 saturated heterocycles. The molecule has 0 aromatic heterocycles. The summed E-state index contributed by atoms with van der Waals surface area (Å²) in [6, 6.07) is 13.4. The van der Waals surface area contributed by atoms with E-state index in [2.05, 4.69) is 21.2 Å². The lowest BCUT2D eigenvalue weighted by Gasteiger charge is -2.32. The summed E-state index contributed by atoms with van der Waals surface area (Å²) in [7, 11) is -3.72. The fourth-order valence-electron chi connectivity index (χ4n) is 3.10. The number of rotatable bonds is 9. The first kappa shape index (κ1) is 25.9. The lowest BCUT2D eigenvalue weighted by molar-refractivity contribution is -0.139. The molecule has 32 heavy (non-hydrogen) atoms. The van der Waals surface area contributed by atoms with Gasteiger partial charge < -0.3 is 10.2 Å². The number of amides is 2. The van der Waals surface area contributed by atoms with Gasteiger partial charge in [0.2, 0.25) is 21.8 Å². The summed E-state index contributed by atoms with van der Waals surface area (Å²) < 4.78 is 26.9. The zero-order valence-corrected chi connectivity index (χ0v) is 21.4. The van der Waals surface area contributed by atoms with Crippen LogP contribution in [-0.4, -0.2) is 50.0 Å². The Labute approximate surface area is 199 Å². The van der Waals surface area contributed by atoms with Crippen LogP contribution in [0.5, 0.6) is 0 Å². The Morgan fingerprint density at radius 2 is 1.56 bits per heavy atom. The molecule has 0 aliphatic rings. The second-order valence-corrected chi connectivity index (χ2v) is 10.9. The third-order valence-corrected chi connectivity index (χ3v) is 6.53. The molecule has 2 amide bonds. The lowest BCUT2D eigenvalue weighted by atomic mass is 10.1. The maximum atomic E-state index is 13.4. The van der Waals surface area contributed by atoms with E-state index in [1.807, 2.05) is 45.0 Å². The van der Waals surface area contributed by atoms with Gasteiger partial charge in [0.1, 0.15) is 12.6 Å². The van der Waals surface area contributed by atoms with Gasteiger partial charge in [-0.25, -0.2) is 8.42 Å². The van der Waals surface area contributed by atoms with E-state index in [9.17, 15) is 18.0 Å². The molecule has 0 spiro atoms. The molecular formula is C23H30BrN3O4S. The van der Waals surface area contributed by atoms with E-state index >= 15 is 0 Å². The van der Waals surface area contributed by atoms with Gasteiger partial charge in [-0.15, -0.1) is 0 Å². The molecule has 0 fully saturated rings. The molecule has 9 heteroatoms. The fraction of sp³-hybridized carbons (Fsp3) is 0.391. The number of hydrogen-bond donors (Lipinski definition) is 1. The van der Waals surface area contributed by atoms with Gasteiger partial charge in [0.15, 0.2) is 0 Å². The molecule has 0 saturated carbocycles. The van der Waals surface area contributed by atoms with Crippen molar-refractivity contribution in [1.29, 1.82) is 0 Å². The molecule has 0 unspecified atom stereocenters. The van der Waals surface area contributed by atoms with Crippen molar-refractivity contribution >= 4 is 43.5 Å². The number of benzene rings is 2. The number of anilines is 1. The van der Waals surface area contributed by atoms with Crippen molar-refractivity contribution in [2.75, 3.05) is 17.1 Å². The van der Waals surface area contributed by atoms with E-state index in [4.69, 9.17) is 0 Å². The minimum absolute atomic E-state index is 0.0883. The maximum absolute atomic E-state index is 13.4. The third kappa shape index (κ3) is 7.34. The zero-order valence-electron chi connectivity index (χ0n) is 19.0. The van der Waals surface area contributed by atoms with Crippen molar-refractivity contribution in [3.63, 3.8) is 0 Å². The van der Waals surface area contributed by atoms with Crippen LogP contribution in [0.15, 0.2) is 53.0 Å². The number of sulfonamides is 1. The van der Waals surface area contributed by atoms with Crippen LogP contribution in [0.25, 0.3) is 0 Å². The first-order valence-electron chi connectivity index (χ1n) is 10.3. The monoisotopic (exact) mass is 523 g/mol. The summed E-state index contributed by atoms with van der Waals surface area (Å²) in [5, 5.41) is 2.82. The topological polar surface area (TPSA) is 86.8 Å². The number of nitrogens with one attached hydrogen (secondary N) is 1. The minimum Gasteiger partial charge on any atom is -0.352 e. The molecule has 174 valence electrons. The van der Waals surface area contributed by atoms with Crippen molar-refractivity contribution in [3.05, 3.63) is 64.1 Å². The largest absolute Gasteiger partial charge is 0.352 e. The third-order valence-electron chi connectivity index (χ3n) is 4.87. The van der Waals surface area contributed by atoms with Gasteiger partial charge in [0.05, 0.1) is 11.9 Å². The highest BCUT2D eigenvalue weighted by atomic mass is 79.9. The maximum Gasteiger partial charge on any atom is 0.244 e. The fourth-order valence-corrected chi connectivity index (χ4v) is 4.21. The van der Waals surface area contributed by atoms with Crippen LogP contribution in [0.4, 0.5) is 5.69 Å². The number of nitrogens with zero attached hydrogens (tertiary/aromatic N) is 2. The number of hydrogen-bond acceptors (Lipinski definition) is 4. The van der Waals surface area contributed by atoms with Crippen molar-refractivity contribution in [2.45, 2.75) is 46.3 Å². The second kappa shape index (κ2) is 11.0. The van der Waals surface area contributed by atoms with Crippen molar-refractivity contribution in [3.8, 4) is 0 Å². The first-order valence-corrected chi connectivity index (χ1v) is 12.9. The van der Waals surface area contributed by atoms with Crippen LogP contribution in [0.3, 0.4) is 0 Å². The number of aryl methyl sites for hydroxylation is 1. The van der Waals surface area contributed by atoms with Gasteiger partial charge in [-0.05, 0) is 57.5 Å². The molecule has 2 aromatic carbocycles. The van der Waals surface area contributed by atoms with Gasteiger partial charge in [0.25, 0.3) is 0 Å². The Bertz CT molecular complexity index is 1040. The highest BCUT2D eigenvalue weighted by Gasteiger charge is 2.30. The molecule has 0 aliphatic heterocycles. The van der Waals surface area contributed by atoms with Crippen LogP contribution in [0.1, 0.15) is 31.9 Å². The summed E-state index contributed by atoms with van der Waals surface area (Å²) >= 11 is 3.39. The predicted octanol–water partition coefficient (Wildman–Crippen LogP) is 3.47. The van der Waals surface area contributed by atoms with Gasteiger partial charge in [0, 0.05) is 17.1 Å². The van der Waals surface area contributed by atoms with Gasteiger partial charge >= 0.3 is 0 Å². The Morgan fingerprint density at radius 3 is 2.06 bits per heavy atom. The molecule has 7 nitrogen and oxygen atoms in total. The average Bonchev–Trinajstić information content (AvgIpc) is 2.70. The summed E-state index contributed by atoms with van der Waals surface area (Å²) in [6.45, 7) is 6.99. The quantitative estimate of drug-likeness (QED) is 0.545. The second-order valence-electron chi connectivity index (χ2n) is 8.09. The van der Waals surface area contributed by atoms with Gasteiger partial charge in [-0.2, -0.15) is 0 Å². The van der Waals surface area contributed by atoms with Crippen molar-refractivity contribution < 1.29 is 18.0 Å². The molecule has 2 aromatic rings. The molecular weight excluding hydrogens is 494 g/mol. The highest BCUT2D eigenvalue weighted by Crippen LogP contribution is 2.20. The number of halogens is 1. The summed E-state index contributed by atoms with van der Waals surface area (Å²) in [5.74, 6) is -0.767. The van der Waals surface area contributed by atoms with Crippen molar-refractivity contribution in [1.82, 2.24) is 10.2 Å². The van der Waals surface area contributed by atoms with Crippen molar-refractivity contribution in [2.24, 2.45) is 0 Å². The Morgan fingerprint density at radius 1 is 1.00 bits per heavy atom.